The van der Waals surface area contributed by atoms with E-state index in [1.165, 1.54) is 0 Å². The average Bonchev–Trinajstić information content (AvgIpc) is 2.75. The lowest BCUT2D eigenvalue weighted by atomic mass is 9.80. The predicted octanol–water partition coefficient (Wildman–Crippen LogP) is 2.16. The minimum atomic E-state index is -0.618. The van der Waals surface area contributed by atoms with E-state index in [1.54, 1.807) is 17.0 Å². The van der Waals surface area contributed by atoms with E-state index in [0.29, 0.717) is 11.5 Å². The summed E-state index contributed by atoms with van der Waals surface area (Å²) in [5.74, 6) is 0.469. The molecule has 0 aliphatic carbocycles. The second kappa shape index (κ2) is 4.29. The number of nitrogen functional groups attached to an aromatic ring is 1. The van der Waals surface area contributed by atoms with Crippen molar-refractivity contribution in [2.75, 3.05) is 5.73 Å². The number of aromatic nitrogens is 2. The Morgan fingerprint density at radius 2 is 1.89 bits per heavy atom. The molecule has 0 amide bonds. The van der Waals surface area contributed by atoms with Crippen LogP contribution in [0.25, 0.3) is 0 Å². The van der Waals surface area contributed by atoms with Crippen LogP contribution in [0.1, 0.15) is 30.0 Å². The highest BCUT2D eigenvalue weighted by molar-refractivity contribution is 6.01. The third-order valence-electron chi connectivity index (χ3n) is 3.22. The molecule has 1 aromatic heterocycles. The molecule has 0 spiro atoms. The van der Waals surface area contributed by atoms with Gasteiger partial charge in [-0.15, -0.1) is 0 Å². The third kappa shape index (κ3) is 2.01. The van der Waals surface area contributed by atoms with Gasteiger partial charge >= 0.3 is 0 Å². The molecule has 18 heavy (non-hydrogen) atoms. The van der Waals surface area contributed by atoms with E-state index >= 15 is 0 Å². The second-order valence-electron chi connectivity index (χ2n) is 4.94. The van der Waals surface area contributed by atoms with Gasteiger partial charge in [-0.3, -0.25) is 4.79 Å². The minimum absolute atomic E-state index is 0.000212. The smallest absolute Gasteiger partial charge is 0.208 e. The van der Waals surface area contributed by atoms with E-state index in [9.17, 15) is 4.79 Å². The van der Waals surface area contributed by atoms with Crippen molar-refractivity contribution in [3.8, 4) is 0 Å². The van der Waals surface area contributed by atoms with E-state index < -0.39 is 5.41 Å². The lowest BCUT2D eigenvalue weighted by Crippen LogP contribution is -2.31. The summed E-state index contributed by atoms with van der Waals surface area (Å²) in [7, 11) is 1.82. The third-order valence-corrected chi connectivity index (χ3v) is 3.22. The molecule has 94 valence electrons. The zero-order valence-corrected chi connectivity index (χ0v) is 10.8. The van der Waals surface area contributed by atoms with E-state index in [0.717, 1.165) is 5.56 Å². The first-order valence-electron chi connectivity index (χ1n) is 5.81. The first-order valence-corrected chi connectivity index (χ1v) is 5.81. The fourth-order valence-corrected chi connectivity index (χ4v) is 1.89. The second-order valence-corrected chi connectivity index (χ2v) is 4.94. The number of hydrogen-bond donors (Lipinski definition) is 1. The standard InChI is InChI=1S/C14H17N3O/c1-14(2,10-4-6-11(15)7-5-10)12(18)13-16-8-9-17(13)3/h4-9H,15H2,1-3H3. The molecule has 0 fully saturated rings. The molecule has 0 aliphatic heterocycles. The molecular formula is C14H17N3O. The minimum Gasteiger partial charge on any atom is -0.399 e. The van der Waals surface area contributed by atoms with Crippen LogP contribution in [0.15, 0.2) is 36.7 Å². The van der Waals surface area contributed by atoms with Crippen LogP contribution in [-0.4, -0.2) is 15.3 Å². The number of hydrogen-bond acceptors (Lipinski definition) is 3. The van der Waals surface area contributed by atoms with Crippen molar-refractivity contribution >= 4 is 11.5 Å². The van der Waals surface area contributed by atoms with E-state index in [2.05, 4.69) is 4.98 Å². The Balaban J connectivity index is 2.39. The molecule has 0 radical (unpaired) electrons. The molecule has 2 rings (SSSR count). The van der Waals surface area contributed by atoms with Gasteiger partial charge in [0.1, 0.15) is 0 Å². The molecular weight excluding hydrogens is 226 g/mol. The van der Waals surface area contributed by atoms with Gasteiger partial charge in [0.05, 0.1) is 5.41 Å². The van der Waals surface area contributed by atoms with Crippen LogP contribution in [0.5, 0.6) is 0 Å². The summed E-state index contributed by atoms with van der Waals surface area (Å²) < 4.78 is 1.74. The van der Waals surface area contributed by atoms with Crippen LogP contribution in [0.3, 0.4) is 0 Å². The summed E-state index contributed by atoms with van der Waals surface area (Å²) in [5, 5.41) is 0. The number of Topliss-reactive ketones (excluding diaryl/α,β-unsaturated/α-hetero) is 1. The van der Waals surface area contributed by atoms with Gasteiger partial charge in [-0.05, 0) is 31.5 Å². The molecule has 2 N–H and O–H groups in total. The van der Waals surface area contributed by atoms with Crippen molar-refractivity contribution < 1.29 is 4.79 Å². The summed E-state index contributed by atoms with van der Waals surface area (Å²) in [6, 6.07) is 7.39. The number of nitrogens with zero attached hydrogens (tertiary/aromatic N) is 2. The highest BCUT2D eigenvalue weighted by atomic mass is 16.1. The molecule has 0 atom stereocenters. The number of ketones is 1. The number of rotatable bonds is 3. The summed E-state index contributed by atoms with van der Waals surface area (Å²) in [6.07, 6.45) is 3.40. The van der Waals surface area contributed by atoms with Gasteiger partial charge in [0.25, 0.3) is 0 Å². The lowest BCUT2D eigenvalue weighted by Gasteiger charge is -2.23. The van der Waals surface area contributed by atoms with Crippen LogP contribution in [0, 0.1) is 0 Å². The number of imidazole rings is 1. The van der Waals surface area contributed by atoms with Crippen LogP contribution in [0.2, 0.25) is 0 Å². The molecule has 4 nitrogen and oxygen atoms in total. The fraction of sp³-hybridized carbons (Fsp3) is 0.286. The zero-order valence-electron chi connectivity index (χ0n) is 10.8. The monoisotopic (exact) mass is 243 g/mol. The number of aryl methyl sites for hydroxylation is 1. The molecule has 0 saturated carbocycles. The Morgan fingerprint density at radius 3 is 2.39 bits per heavy atom. The van der Waals surface area contributed by atoms with E-state index in [1.807, 2.05) is 45.2 Å². The first kappa shape index (κ1) is 12.4. The number of anilines is 1. The maximum absolute atomic E-state index is 12.5. The lowest BCUT2D eigenvalue weighted by molar-refractivity contribution is 0.0894. The van der Waals surface area contributed by atoms with Gasteiger partial charge < -0.3 is 10.3 Å². The van der Waals surface area contributed by atoms with Crippen molar-refractivity contribution in [2.24, 2.45) is 7.05 Å². The topological polar surface area (TPSA) is 60.9 Å². The first-order chi connectivity index (χ1) is 8.43. The number of carbonyl (C=O) groups is 1. The van der Waals surface area contributed by atoms with Crippen LogP contribution < -0.4 is 5.73 Å². The van der Waals surface area contributed by atoms with Gasteiger partial charge in [-0.25, -0.2) is 4.98 Å². The quantitative estimate of drug-likeness (QED) is 0.663. The van der Waals surface area contributed by atoms with Crippen LogP contribution >= 0.6 is 0 Å². The molecule has 0 saturated heterocycles. The molecule has 2 aromatic rings. The SMILES string of the molecule is Cn1ccnc1C(=O)C(C)(C)c1ccc(N)cc1. The molecule has 1 heterocycles. The maximum atomic E-state index is 12.5. The van der Waals surface area contributed by atoms with Gasteiger partial charge in [0.2, 0.25) is 5.78 Å². The van der Waals surface area contributed by atoms with Crippen molar-refractivity contribution in [3.63, 3.8) is 0 Å². The number of nitrogens with two attached hydrogens (primary N) is 1. The van der Waals surface area contributed by atoms with Gasteiger partial charge in [-0.2, -0.15) is 0 Å². The van der Waals surface area contributed by atoms with Crippen LogP contribution in [0.4, 0.5) is 5.69 Å². The maximum Gasteiger partial charge on any atom is 0.208 e. The Morgan fingerprint density at radius 1 is 1.28 bits per heavy atom. The zero-order chi connectivity index (χ0) is 13.3. The van der Waals surface area contributed by atoms with E-state index in [4.69, 9.17) is 5.73 Å². The Hall–Kier alpha value is -2.10. The molecule has 0 bridgehead atoms. The molecule has 1 aromatic carbocycles. The average molecular weight is 243 g/mol. The van der Waals surface area contributed by atoms with Crippen molar-refractivity contribution in [3.05, 3.63) is 48.0 Å². The van der Waals surface area contributed by atoms with E-state index in [-0.39, 0.29) is 5.78 Å². The highest BCUT2D eigenvalue weighted by Gasteiger charge is 2.32. The summed E-state index contributed by atoms with van der Waals surface area (Å²) in [4.78, 5) is 16.6. The number of benzene rings is 1. The molecule has 4 heteroatoms. The Bertz CT molecular complexity index is 567. The predicted molar refractivity (Wildman–Crippen MR) is 71.4 cm³/mol. The Labute approximate surface area is 106 Å². The largest absolute Gasteiger partial charge is 0.399 e. The fourth-order valence-electron chi connectivity index (χ4n) is 1.89. The van der Waals surface area contributed by atoms with Gasteiger partial charge in [0.15, 0.2) is 5.82 Å². The summed E-state index contributed by atoms with van der Waals surface area (Å²) in [6.45, 7) is 3.80. The Kier molecular flexibility index (Phi) is 2.95. The van der Waals surface area contributed by atoms with Crippen molar-refractivity contribution in [1.29, 1.82) is 0 Å². The highest BCUT2D eigenvalue weighted by Crippen LogP contribution is 2.27. The summed E-state index contributed by atoms with van der Waals surface area (Å²) >= 11 is 0. The van der Waals surface area contributed by atoms with Crippen molar-refractivity contribution in [1.82, 2.24) is 9.55 Å². The summed E-state index contributed by atoms with van der Waals surface area (Å²) in [5.41, 5.74) is 6.67. The van der Waals surface area contributed by atoms with Gasteiger partial charge in [-0.1, -0.05) is 12.1 Å². The molecule has 0 unspecified atom stereocenters. The molecule has 0 aliphatic rings. The van der Waals surface area contributed by atoms with Crippen LogP contribution in [-0.2, 0) is 12.5 Å². The van der Waals surface area contributed by atoms with Crippen molar-refractivity contribution in [2.45, 2.75) is 19.3 Å². The normalized spacial score (nSPS) is 11.5. The van der Waals surface area contributed by atoms with Gasteiger partial charge in [0, 0.05) is 25.1 Å². The number of carbonyl (C=O) groups excluding carboxylic acids is 1.